The molecule has 1 atom stereocenters. The lowest BCUT2D eigenvalue weighted by Crippen LogP contribution is -2.42. The lowest BCUT2D eigenvalue weighted by molar-refractivity contribution is -0.136. The first-order valence-electron chi connectivity index (χ1n) is 10.4. The number of halogens is 1. The molecule has 3 heterocycles. The van der Waals surface area contributed by atoms with Gasteiger partial charge >= 0.3 is 0 Å². The number of nitrogens with zero attached hydrogens (tertiary/aromatic N) is 4. The number of aromatic nitrogens is 3. The molecule has 0 spiro atoms. The molecule has 2 aliphatic heterocycles. The maximum absolute atomic E-state index is 13.0. The van der Waals surface area contributed by atoms with Gasteiger partial charge in [0.05, 0.1) is 5.92 Å². The van der Waals surface area contributed by atoms with Gasteiger partial charge in [-0.3, -0.25) is 14.7 Å². The molecule has 29 heavy (non-hydrogen) atoms. The van der Waals surface area contributed by atoms with Crippen LogP contribution in [0.4, 0.5) is 5.69 Å². The first-order valence-corrected chi connectivity index (χ1v) is 10.7. The second kappa shape index (κ2) is 7.44. The third-order valence-corrected chi connectivity index (χ3v) is 6.49. The SMILES string of the molecule is O=C(C1CC(=O)N(c2cccc(Cl)c2)C1)N1CCC(c2nc(C3CC3)n[nH]2)CC1. The van der Waals surface area contributed by atoms with Crippen LogP contribution in [0.25, 0.3) is 0 Å². The van der Waals surface area contributed by atoms with E-state index in [0.717, 1.165) is 30.2 Å². The lowest BCUT2D eigenvalue weighted by atomic mass is 9.95. The van der Waals surface area contributed by atoms with Crippen molar-refractivity contribution < 1.29 is 9.59 Å². The van der Waals surface area contributed by atoms with Crippen LogP contribution in [0.1, 0.15) is 55.6 Å². The van der Waals surface area contributed by atoms with E-state index < -0.39 is 0 Å². The zero-order valence-electron chi connectivity index (χ0n) is 16.2. The number of H-pyrrole nitrogens is 1. The Morgan fingerprint density at radius 1 is 1.14 bits per heavy atom. The van der Waals surface area contributed by atoms with Crippen LogP contribution in [0.2, 0.25) is 5.02 Å². The molecule has 1 N–H and O–H groups in total. The molecular formula is C21H24ClN5O2. The van der Waals surface area contributed by atoms with Gasteiger partial charge in [-0.25, -0.2) is 4.98 Å². The summed E-state index contributed by atoms with van der Waals surface area (Å²) in [6, 6.07) is 7.23. The van der Waals surface area contributed by atoms with Gasteiger partial charge in [-0.15, -0.1) is 0 Å². The number of nitrogens with one attached hydrogen (secondary N) is 1. The second-order valence-electron chi connectivity index (χ2n) is 8.34. The van der Waals surface area contributed by atoms with Crippen LogP contribution in [0.3, 0.4) is 0 Å². The number of hydrogen-bond donors (Lipinski definition) is 1. The molecule has 0 bridgehead atoms. The molecule has 7 nitrogen and oxygen atoms in total. The van der Waals surface area contributed by atoms with Crippen molar-refractivity contribution in [3.63, 3.8) is 0 Å². The molecule has 2 aromatic rings. The number of amides is 2. The van der Waals surface area contributed by atoms with Crippen molar-refractivity contribution in [2.24, 2.45) is 5.92 Å². The van der Waals surface area contributed by atoms with Gasteiger partial charge in [-0.1, -0.05) is 17.7 Å². The van der Waals surface area contributed by atoms with Crippen molar-refractivity contribution in [3.8, 4) is 0 Å². The van der Waals surface area contributed by atoms with Crippen molar-refractivity contribution in [1.29, 1.82) is 0 Å². The molecule has 5 rings (SSSR count). The Hall–Kier alpha value is -2.41. The van der Waals surface area contributed by atoms with E-state index >= 15 is 0 Å². The highest BCUT2D eigenvalue weighted by atomic mass is 35.5. The van der Waals surface area contributed by atoms with Gasteiger partial charge in [0.1, 0.15) is 5.82 Å². The summed E-state index contributed by atoms with van der Waals surface area (Å²) in [6.45, 7) is 1.82. The van der Waals surface area contributed by atoms with E-state index in [0.29, 0.717) is 36.5 Å². The highest BCUT2D eigenvalue weighted by molar-refractivity contribution is 6.31. The smallest absolute Gasteiger partial charge is 0.228 e. The summed E-state index contributed by atoms with van der Waals surface area (Å²) in [4.78, 5) is 33.8. The predicted molar refractivity (Wildman–Crippen MR) is 109 cm³/mol. The predicted octanol–water partition coefficient (Wildman–Crippen LogP) is 3.09. The van der Waals surface area contributed by atoms with Gasteiger partial charge in [0.2, 0.25) is 11.8 Å². The quantitative estimate of drug-likeness (QED) is 0.834. The van der Waals surface area contributed by atoms with Crippen LogP contribution in [-0.4, -0.2) is 51.5 Å². The summed E-state index contributed by atoms with van der Waals surface area (Å²) < 4.78 is 0. The van der Waals surface area contributed by atoms with Crippen molar-refractivity contribution in [2.45, 2.75) is 43.9 Å². The third kappa shape index (κ3) is 3.75. The van der Waals surface area contributed by atoms with Gasteiger partial charge in [-0.2, -0.15) is 5.10 Å². The molecule has 2 saturated heterocycles. The molecule has 0 radical (unpaired) electrons. The van der Waals surface area contributed by atoms with E-state index in [4.69, 9.17) is 11.6 Å². The van der Waals surface area contributed by atoms with Gasteiger partial charge in [0.15, 0.2) is 5.82 Å². The second-order valence-corrected chi connectivity index (χ2v) is 8.77. The Kier molecular flexibility index (Phi) is 4.78. The van der Waals surface area contributed by atoms with Crippen molar-refractivity contribution in [2.75, 3.05) is 24.5 Å². The molecule has 1 unspecified atom stereocenters. The van der Waals surface area contributed by atoms with Crippen molar-refractivity contribution >= 4 is 29.1 Å². The van der Waals surface area contributed by atoms with Crippen LogP contribution in [0, 0.1) is 5.92 Å². The fraction of sp³-hybridized carbons (Fsp3) is 0.524. The summed E-state index contributed by atoms with van der Waals surface area (Å²) in [5, 5.41) is 8.04. The summed E-state index contributed by atoms with van der Waals surface area (Å²) in [5.41, 5.74) is 0.758. The van der Waals surface area contributed by atoms with Crippen LogP contribution in [-0.2, 0) is 9.59 Å². The number of benzene rings is 1. The Labute approximate surface area is 174 Å². The molecule has 1 aromatic heterocycles. The van der Waals surface area contributed by atoms with E-state index in [9.17, 15) is 9.59 Å². The van der Waals surface area contributed by atoms with E-state index in [-0.39, 0.29) is 24.2 Å². The van der Waals surface area contributed by atoms with E-state index in [1.807, 2.05) is 17.0 Å². The summed E-state index contributed by atoms with van der Waals surface area (Å²) in [6.07, 6.45) is 4.40. The van der Waals surface area contributed by atoms with Crippen LogP contribution in [0.5, 0.6) is 0 Å². The minimum absolute atomic E-state index is 0.0187. The van der Waals surface area contributed by atoms with Crippen LogP contribution >= 0.6 is 11.6 Å². The van der Waals surface area contributed by atoms with Crippen molar-refractivity contribution in [3.05, 3.63) is 40.9 Å². The molecule has 3 aliphatic rings. The fourth-order valence-corrected chi connectivity index (χ4v) is 4.58. The molecular weight excluding hydrogens is 390 g/mol. The Balaban J connectivity index is 1.19. The number of carbonyl (C=O) groups is 2. The fourth-order valence-electron chi connectivity index (χ4n) is 4.39. The van der Waals surface area contributed by atoms with E-state index in [1.165, 1.54) is 12.8 Å². The number of likely N-dealkylation sites (tertiary alicyclic amines) is 1. The first-order chi connectivity index (χ1) is 14.1. The maximum Gasteiger partial charge on any atom is 0.228 e. The summed E-state index contributed by atoms with van der Waals surface area (Å²) >= 11 is 6.05. The number of carbonyl (C=O) groups excluding carboxylic acids is 2. The largest absolute Gasteiger partial charge is 0.342 e. The van der Waals surface area contributed by atoms with E-state index in [2.05, 4.69) is 15.2 Å². The number of hydrogen-bond acceptors (Lipinski definition) is 4. The maximum atomic E-state index is 13.0. The summed E-state index contributed by atoms with van der Waals surface area (Å²) in [7, 11) is 0. The Morgan fingerprint density at radius 3 is 2.66 bits per heavy atom. The van der Waals surface area contributed by atoms with Gasteiger partial charge in [0, 0.05) is 48.6 Å². The topological polar surface area (TPSA) is 82.2 Å². The number of rotatable bonds is 4. The highest BCUT2D eigenvalue weighted by Gasteiger charge is 2.38. The third-order valence-electron chi connectivity index (χ3n) is 6.25. The molecule has 1 saturated carbocycles. The van der Waals surface area contributed by atoms with Crippen molar-refractivity contribution in [1.82, 2.24) is 20.1 Å². The van der Waals surface area contributed by atoms with Crippen LogP contribution < -0.4 is 4.90 Å². The minimum Gasteiger partial charge on any atom is -0.342 e. The number of piperidine rings is 1. The average molecular weight is 414 g/mol. The lowest BCUT2D eigenvalue weighted by Gasteiger charge is -2.32. The highest BCUT2D eigenvalue weighted by Crippen LogP contribution is 2.38. The zero-order valence-corrected chi connectivity index (χ0v) is 16.9. The standard InChI is InChI=1S/C21H24ClN5O2/c22-16-2-1-3-17(11-16)27-12-15(10-18(27)28)21(29)26-8-6-14(7-9-26)20-23-19(24-25-20)13-4-5-13/h1-3,11,13-15H,4-10,12H2,(H,23,24,25). The van der Waals surface area contributed by atoms with E-state index in [1.54, 1.807) is 17.0 Å². The van der Waals surface area contributed by atoms with Gasteiger partial charge < -0.3 is 9.80 Å². The molecule has 152 valence electrons. The molecule has 1 aromatic carbocycles. The first kappa shape index (κ1) is 18.6. The molecule has 3 fully saturated rings. The summed E-state index contributed by atoms with van der Waals surface area (Å²) in [5.74, 6) is 2.56. The minimum atomic E-state index is -0.287. The van der Waals surface area contributed by atoms with Gasteiger partial charge in [0.25, 0.3) is 0 Å². The molecule has 8 heteroatoms. The molecule has 1 aliphatic carbocycles. The Bertz CT molecular complexity index is 933. The normalized spacial score (nSPS) is 23.1. The average Bonchev–Trinajstić information content (AvgIpc) is 3.33. The monoisotopic (exact) mass is 413 g/mol. The molecule has 2 amide bonds. The van der Waals surface area contributed by atoms with Crippen LogP contribution in [0.15, 0.2) is 24.3 Å². The Morgan fingerprint density at radius 2 is 1.93 bits per heavy atom. The number of aromatic amines is 1. The zero-order chi connectivity index (χ0) is 20.0. The van der Waals surface area contributed by atoms with Gasteiger partial charge in [-0.05, 0) is 43.9 Å². The number of anilines is 1.